The molecule has 3 nitrogen and oxygen atoms in total. The van der Waals surface area contributed by atoms with Crippen molar-refractivity contribution in [1.82, 2.24) is 4.90 Å². The maximum Gasteiger partial charge on any atom is 0.219 e. The number of rotatable bonds is 2. The molecule has 0 spiro atoms. The van der Waals surface area contributed by atoms with E-state index in [-0.39, 0.29) is 5.84 Å². The molecule has 1 N–H and O–H groups in total. The second-order valence-electron chi connectivity index (χ2n) is 1.28. The first kappa shape index (κ1) is 6.88. The van der Waals surface area contributed by atoms with Crippen LogP contribution in [-0.2, 0) is 4.79 Å². The molecular weight excluding hydrogens is 104 g/mol. The molecule has 0 atom stereocenters. The predicted octanol–water partition coefficient (Wildman–Crippen LogP) is 0.585. The van der Waals surface area contributed by atoms with Crippen LogP contribution in [0.3, 0.4) is 0 Å². The Balaban J connectivity index is 3.88. The molecule has 0 aliphatic rings. The van der Waals surface area contributed by atoms with Gasteiger partial charge in [0.25, 0.3) is 0 Å². The lowest BCUT2D eigenvalue weighted by Gasteiger charge is -2.05. The van der Waals surface area contributed by atoms with E-state index in [4.69, 9.17) is 5.41 Å². The fraction of sp³-hybridized carbons (Fsp3) is 0.200. The van der Waals surface area contributed by atoms with E-state index in [1.807, 2.05) is 0 Å². The summed E-state index contributed by atoms with van der Waals surface area (Å²) in [6.45, 7) is 4.82. The molecule has 0 aromatic carbocycles. The van der Waals surface area contributed by atoms with E-state index in [9.17, 15) is 4.79 Å². The molecule has 0 aromatic heterocycles. The van der Waals surface area contributed by atoms with Gasteiger partial charge in [-0.15, -0.1) is 0 Å². The van der Waals surface area contributed by atoms with Gasteiger partial charge in [0.15, 0.2) is 0 Å². The van der Waals surface area contributed by atoms with Crippen LogP contribution < -0.4 is 0 Å². The summed E-state index contributed by atoms with van der Waals surface area (Å²) in [7, 11) is 0. The highest BCUT2D eigenvalue weighted by Crippen LogP contribution is 1.81. The van der Waals surface area contributed by atoms with Gasteiger partial charge in [-0.05, 0) is 6.92 Å². The van der Waals surface area contributed by atoms with Crippen molar-refractivity contribution in [3.63, 3.8) is 0 Å². The number of hydrogen-bond donors (Lipinski definition) is 1. The number of nitrogens with one attached hydrogen (secondary N) is 1. The molecule has 0 saturated carbocycles. The molecule has 0 rings (SSSR count). The molecule has 0 unspecified atom stereocenters. The van der Waals surface area contributed by atoms with E-state index < -0.39 is 0 Å². The fourth-order valence-electron chi connectivity index (χ4n) is 0.259. The van der Waals surface area contributed by atoms with Crippen LogP contribution in [0.1, 0.15) is 6.92 Å². The lowest BCUT2D eigenvalue weighted by Crippen LogP contribution is -2.18. The lowest BCUT2D eigenvalue weighted by atomic mass is 10.6. The Morgan fingerprint density at radius 1 is 1.88 bits per heavy atom. The number of carbonyl (C=O) groups is 1. The quantitative estimate of drug-likeness (QED) is 0.317. The van der Waals surface area contributed by atoms with E-state index in [2.05, 4.69) is 6.58 Å². The Morgan fingerprint density at radius 3 is 2.38 bits per heavy atom. The van der Waals surface area contributed by atoms with Gasteiger partial charge < -0.3 is 0 Å². The first-order valence-electron chi connectivity index (χ1n) is 2.13. The zero-order chi connectivity index (χ0) is 6.57. The number of hydrogen-bond acceptors (Lipinski definition) is 2. The van der Waals surface area contributed by atoms with Gasteiger partial charge >= 0.3 is 0 Å². The minimum absolute atomic E-state index is 0.176. The van der Waals surface area contributed by atoms with E-state index >= 15 is 0 Å². The monoisotopic (exact) mass is 112 g/mol. The normalized spacial score (nSPS) is 7.62. The maximum absolute atomic E-state index is 9.89. The summed E-state index contributed by atoms with van der Waals surface area (Å²) in [5.74, 6) is 0.176. The predicted molar refractivity (Wildman–Crippen MR) is 31.5 cm³/mol. The molecule has 0 fully saturated rings. The summed E-state index contributed by atoms with van der Waals surface area (Å²) < 4.78 is 0. The Kier molecular flexibility index (Phi) is 2.54. The summed E-state index contributed by atoms with van der Waals surface area (Å²) in [5.41, 5.74) is 0. The van der Waals surface area contributed by atoms with Crippen LogP contribution >= 0.6 is 0 Å². The van der Waals surface area contributed by atoms with E-state index in [0.717, 1.165) is 4.90 Å². The molecular formula is C5H8N2O. The maximum atomic E-state index is 9.89. The first-order chi connectivity index (χ1) is 3.72. The van der Waals surface area contributed by atoms with Gasteiger partial charge in [0.2, 0.25) is 6.41 Å². The highest BCUT2D eigenvalue weighted by molar-refractivity contribution is 5.87. The van der Waals surface area contributed by atoms with Crippen LogP contribution in [0.25, 0.3) is 0 Å². The van der Waals surface area contributed by atoms with E-state index in [0.29, 0.717) is 6.41 Å². The second kappa shape index (κ2) is 2.96. The largest absolute Gasteiger partial charge is 0.288 e. The number of amides is 1. The third kappa shape index (κ3) is 1.55. The molecule has 0 aromatic rings. The SMILES string of the molecule is C=CN(C=O)C(C)=N. The van der Waals surface area contributed by atoms with E-state index in [1.54, 1.807) is 0 Å². The van der Waals surface area contributed by atoms with Crippen molar-refractivity contribution >= 4 is 12.2 Å². The molecule has 44 valence electrons. The number of carbonyl (C=O) groups excluding carboxylic acids is 1. The first-order valence-corrected chi connectivity index (χ1v) is 2.13. The highest BCUT2D eigenvalue weighted by Gasteiger charge is 1.93. The minimum atomic E-state index is 0.176. The van der Waals surface area contributed by atoms with Crippen LogP contribution in [0, 0.1) is 5.41 Å². The van der Waals surface area contributed by atoms with Crippen LogP contribution in [0.5, 0.6) is 0 Å². The van der Waals surface area contributed by atoms with Crippen LogP contribution in [0.2, 0.25) is 0 Å². The zero-order valence-electron chi connectivity index (χ0n) is 4.72. The van der Waals surface area contributed by atoms with Crippen molar-refractivity contribution in [1.29, 1.82) is 5.41 Å². The molecule has 8 heavy (non-hydrogen) atoms. The summed E-state index contributed by atoms with van der Waals surface area (Å²) in [6, 6.07) is 0. The van der Waals surface area contributed by atoms with E-state index in [1.165, 1.54) is 13.1 Å². The summed E-state index contributed by atoms with van der Waals surface area (Å²) in [5, 5.41) is 6.88. The van der Waals surface area contributed by atoms with Gasteiger partial charge in [0.1, 0.15) is 5.84 Å². The molecule has 0 heterocycles. The Morgan fingerprint density at radius 2 is 2.38 bits per heavy atom. The van der Waals surface area contributed by atoms with Gasteiger partial charge in [-0.1, -0.05) is 6.58 Å². The number of nitrogens with zero attached hydrogens (tertiary/aromatic N) is 1. The number of amidine groups is 1. The molecule has 3 heteroatoms. The van der Waals surface area contributed by atoms with Crippen LogP contribution in [0.4, 0.5) is 0 Å². The van der Waals surface area contributed by atoms with Crippen molar-refractivity contribution in [2.24, 2.45) is 0 Å². The average molecular weight is 112 g/mol. The van der Waals surface area contributed by atoms with Crippen molar-refractivity contribution in [2.75, 3.05) is 0 Å². The highest BCUT2D eigenvalue weighted by atomic mass is 16.1. The third-order valence-electron chi connectivity index (χ3n) is 0.698. The average Bonchev–Trinajstić information content (AvgIpc) is 1.69. The lowest BCUT2D eigenvalue weighted by molar-refractivity contribution is -0.113. The van der Waals surface area contributed by atoms with Crippen molar-refractivity contribution in [3.05, 3.63) is 12.8 Å². The molecule has 1 amide bonds. The standard InChI is InChI=1S/C5H8N2O/c1-3-7(4-8)5(2)6/h3-4,6H,1H2,2H3. The Labute approximate surface area is 48.1 Å². The van der Waals surface area contributed by atoms with Gasteiger partial charge in [-0.2, -0.15) is 0 Å². The fourth-order valence-corrected chi connectivity index (χ4v) is 0.259. The second-order valence-corrected chi connectivity index (χ2v) is 1.28. The van der Waals surface area contributed by atoms with Crippen molar-refractivity contribution in [3.8, 4) is 0 Å². The molecule has 0 aliphatic heterocycles. The topological polar surface area (TPSA) is 44.2 Å². The summed E-state index contributed by atoms with van der Waals surface area (Å²) >= 11 is 0. The van der Waals surface area contributed by atoms with Crippen LogP contribution in [-0.4, -0.2) is 17.1 Å². The van der Waals surface area contributed by atoms with Crippen molar-refractivity contribution in [2.45, 2.75) is 6.92 Å². The van der Waals surface area contributed by atoms with Gasteiger partial charge in [-0.3, -0.25) is 15.1 Å². The van der Waals surface area contributed by atoms with Gasteiger partial charge in [0.05, 0.1) is 0 Å². The summed E-state index contributed by atoms with van der Waals surface area (Å²) in [6.07, 6.45) is 1.82. The third-order valence-corrected chi connectivity index (χ3v) is 0.698. The van der Waals surface area contributed by atoms with Crippen LogP contribution in [0.15, 0.2) is 12.8 Å². The molecule has 0 saturated heterocycles. The van der Waals surface area contributed by atoms with Crippen molar-refractivity contribution < 1.29 is 4.79 Å². The molecule has 0 radical (unpaired) electrons. The Bertz CT molecular complexity index is 112. The summed E-state index contributed by atoms with van der Waals surface area (Å²) in [4.78, 5) is 11.0. The Hall–Kier alpha value is -1.12. The molecule has 0 bridgehead atoms. The minimum Gasteiger partial charge on any atom is -0.288 e. The van der Waals surface area contributed by atoms with Gasteiger partial charge in [0, 0.05) is 6.20 Å². The molecule has 0 aliphatic carbocycles. The zero-order valence-corrected chi connectivity index (χ0v) is 4.72. The smallest absolute Gasteiger partial charge is 0.219 e. The van der Waals surface area contributed by atoms with Gasteiger partial charge in [-0.25, -0.2) is 0 Å².